The van der Waals surface area contributed by atoms with Gasteiger partial charge in [0.15, 0.2) is 5.82 Å². The van der Waals surface area contributed by atoms with E-state index in [0.29, 0.717) is 12.3 Å². The van der Waals surface area contributed by atoms with E-state index >= 15 is 0 Å². The molecule has 98 valence electrons. The quantitative estimate of drug-likeness (QED) is 0.855. The van der Waals surface area contributed by atoms with Crippen molar-refractivity contribution in [2.75, 3.05) is 0 Å². The van der Waals surface area contributed by atoms with Crippen LogP contribution in [0.4, 0.5) is 0 Å². The summed E-state index contributed by atoms with van der Waals surface area (Å²) < 4.78 is 5.34. The first-order chi connectivity index (χ1) is 9.22. The van der Waals surface area contributed by atoms with E-state index in [1.165, 1.54) is 11.1 Å². The summed E-state index contributed by atoms with van der Waals surface area (Å²) in [5.41, 5.74) is 8.31. The number of nitrogens with zero attached hydrogens (tertiary/aromatic N) is 2. The van der Waals surface area contributed by atoms with Gasteiger partial charge in [0, 0.05) is 12.5 Å². The number of hydrogen-bond acceptors (Lipinski definition) is 4. The van der Waals surface area contributed by atoms with E-state index in [-0.39, 0.29) is 12.0 Å². The van der Waals surface area contributed by atoms with Crippen LogP contribution >= 0.6 is 0 Å². The maximum absolute atomic E-state index is 5.84. The van der Waals surface area contributed by atoms with E-state index in [4.69, 9.17) is 10.3 Å². The zero-order valence-corrected chi connectivity index (χ0v) is 10.9. The number of aryl methyl sites for hydroxylation is 1. The third-order valence-electron chi connectivity index (χ3n) is 3.53. The molecule has 0 spiro atoms. The van der Waals surface area contributed by atoms with E-state index in [9.17, 15) is 0 Å². The number of aromatic nitrogens is 2. The van der Waals surface area contributed by atoms with Crippen molar-refractivity contribution in [1.82, 2.24) is 10.1 Å². The molecule has 0 amide bonds. The average Bonchev–Trinajstić information content (AvgIpc) is 3.01. The molecule has 1 aromatic carbocycles. The molecule has 2 atom stereocenters. The lowest BCUT2D eigenvalue weighted by atomic mass is 10.1. The Labute approximate surface area is 112 Å². The maximum atomic E-state index is 5.84. The van der Waals surface area contributed by atoms with Crippen molar-refractivity contribution in [3.63, 3.8) is 0 Å². The van der Waals surface area contributed by atoms with Crippen LogP contribution in [0.15, 0.2) is 40.9 Å². The number of nitrogens with two attached hydrogens (primary N) is 1. The second kappa shape index (κ2) is 4.97. The van der Waals surface area contributed by atoms with Gasteiger partial charge >= 0.3 is 0 Å². The smallest absolute Gasteiger partial charge is 0.233 e. The lowest BCUT2D eigenvalue weighted by Crippen LogP contribution is -2.14. The van der Waals surface area contributed by atoms with Crippen molar-refractivity contribution < 1.29 is 4.52 Å². The Morgan fingerprint density at radius 3 is 2.89 bits per heavy atom. The Morgan fingerprint density at radius 1 is 1.32 bits per heavy atom. The molecule has 1 heterocycles. The van der Waals surface area contributed by atoms with Gasteiger partial charge in [-0.1, -0.05) is 41.6 Å². The lowest BCUT2D eigenvalue weighted by molar-refractivity contribution is 0.360. The van der Waals surface area contributed by atoms with Gasteiger partial charge in [0.05, 0.1) is 5.92 Å². The molecular formula is C15H17N3O. The van der Waals surface area contributed by atoms with E-state index in [2.05, 4.69) is 35.3 Å². The highest BCUT2D eigenvalue weighted by Crippen LogP contribution is 2.26. The SMILES string of the molecule is Cc1ccccc1Cc1noc(C2C=CC(N)C2)n1. The standard InChI is InChI=1S/C15H17N3O/c1-10-4-2-3-5-11(10)9-14-17-15(19-18-14)12-6-7-13(16)8-12/h2-7,12-13H,8-9,16H2,1H3. The normalized spacial score (nSPS) is 22.0. The Hall–Kier alpha value is -1.94. The molecule has 1 aromatic heterocycles. The first-order valence-corrected chi connectivity index (χ1v) is 6.53. The third kappa shape index (κ3) is 2.58. The Bertz CT molecular complexity index is 603. The molecule has 2 aromatic rings. The molecule has 4 nitrogen and oxygen atoms in total. The zero-order valence-electron chi connectivity index (χ0n) is 10.9. The fourth-order valence-electron chi connectivity index (χ4n) is 2.38. The molecule has 0 saturated carbocycles. The maximum Gasteiger partial charge on any atom is 0.233 e. The van der Waals surface area contributed by atoms with Gasteiger partial charge in [-0.15, -0.1) is 0 Å². The van der Waals surface area contributed by atoms with Gasteiger partial charge in [-0.25, -0.2) is 0 Å². The highest BCUT2D eigenvalue weighted by molar-refractivity contribution is 5.28. The van der Waals surface area contributed by atoms with E-state index in [1.807, 2.05) is 18.2 Å². The Balaban J connectivity index is 1.75. The number of benzene rings is 1. The van der Waals surface area contributed by atoms with Gasteiger partial charge < -0.3 is 10.3 Å². The molecular weight excluding hydrogens is 238 g/mol. The van der Waals surface area contributed by atoms with Crippen LogP contribution in [0.5, 0.6) is 0 Å². The van der Waals surface area contributed by atoms with Crippen molar-refractivity contribution in [1.29, 1.82) is 0 Å². The van der Waals surface area contributed by atoms with Crippen LogP contribution in [-0.2, 0) is 6.42 Å². The number of rotatable bonds is 3. The molecule has 4 heteroatoms. The first kappa shape index (κ1) is 12.1. The molecule has 0 saturated heterocycles. The molecule has 2 N–H and O–H groups in total. The summed E-state index contributed by atoms with van der Waals surface area (Å²) in [6.07, 6.45) is 5.61. The topological polar surface area (TPSA) is 64.9 Å². The van der Waals surface area contributed by atoms with E-state index in [1.54, 1.807) is 0 Å². The van der Waals surface area contributed by atoms with Gasteiger partial charge in [-0.2, -0.15) is 4.98 Å². The third-order valence-corrected chi connectivity index (χ3v) is 3.53. The fraction of sp³-hybridized carbons (Fsp3) is 0.333. The molecule has 1 aliphatic carbocycles. The number of hydrogen-bond donors (Lipinski definition) is 1. The highest BCUT2D eigenvalue weighted by Gasteiger charge is 2.23. The van der Waals surface area contributed by atoms with Crippen LogP contribution < -0.4 is 5.73 Å². The minimum atomic E-state index is 0.108. The van der Waals surface area contributed by atoms with Crippen molar-refractivity contribution in [3.8, 4) is 0 Å². The van der Waals surface area contributed by atoms with Crippen molar-refractivity contribution in [2.45, 2.75) is 31.7 Å². The summed E-state index contributed by atoms with van der Waals surface area (Å²) in [4.78, 5) is 4.48. The molecule has 3 rings (SSSR count). The molecule has 2 unspecified atom stereocenters. The fourth-order valence-corrected chi connectivity index (χ4v) is 2.38. The Kier molecular flexibility index (Phi) is 3.17. The minimum Gasteiger partial charge on any atom is -0.339 e. The molecule has 0 fully saturated rings. The van der Waals surface area contributed by atoms with Gasteiger partial charge in [-0.3, -0.25) is 0 Å². The zero-order chi connectivity index (χ0) is 13.2. The Morgan fingerprint density at radius 2 is 2.16 bits per heavy atom. The monoisotopic (exact) mass is 255 g/mol. The van der Waals surface area contributed by atoms with E-state index < -0.39 is 0 Å². The van der Waals surface area contributed by atoms with Gasteiger partial charge in [0.2, 0.25) is 5.89 Å². The van der Waals surface area contributed by atoms with Crippen LogP contribution in [0.2, 0.25) is 0 Å². The molecule has 0 aliphatic heterocycles. The van der Waals surface area contributed by atoms with Crippen LogP contribution in [-0.4, -0.2) is 16.2 Å². The lowest BCUT2D eigenvalue weighted by Gasteiger charge is -2.02. The molecule has 1 aliphatic rings. The van der Waals surface area contributed by atoms with Crippen LogP contribution in [0.3, 0.4) is 0 Å². The van der Waals surface area contributed by atoms with Crippen molar-refractivity contribution in [3.05, 3.63) is 59.3 Å². The average molecular weight is 255 g/mol. The largest absolute Gasteiger partial charge is 0.339 e. The van der Waals surface area contributed by atoms with Gasteiger partial charge in [0.25, 0.3) is 0 Å². The van der Waals surface area contributed by atoms with Crippen LogP contribution in [0, 0.1) is 6.92 Å². The summed E-state index contributed by atoms with van der Waals surface area (Å²) >= 11 is 0. The van der Waals surface area contributed by atoms with Crippen LogP contribution in [0.1, 0.15) is 35.2 Å². The van der Waals surface area contributed by atoms with Crippen LogP contribution in [0.25, 0.3) is 0 Å². The predicted octanol–water partition coefficient (Wildman–Crippen LogP) is 2.34. The molecule has 19 heavy (non-hydrogen) atoms. The minimum absolute atomic E-state index is 0.108. The van der Waals surface area contributed by atoms with Gasteiger partial charge in [0.1, 0.15) is 0 Å². The predicted molar refractivity (Wildman–Crippen MR) is 72.8 cm³/mol. The highest BCUT2D eigenvalue weighted by atomic mass is 16.5. The summed E-state index contributed by atoms with van der Waals surface area (Å²) in [6.45, 7) is 2.09. The second-order valence-electron chi connectivity index (χ2n) is 5.04. The first-order valence-electron chi connectivity index (χ1n) is 6.53. The van der Waals surface area contributed by atoms with E-state index in [0.717, 1.165) is 12.2 Å². The second-order valence-corrected chi connectivity index (χ2v) is 5.04. The van der Waals surface area contributed by atoms with Crippen molar-refractivity contribution >= 4 is 0 Å². The molecule has 0 bridgehead atoms. The summed E-state index contributed by atoms with van der Waals surface area (Å²) in [5.74, 6) is 1.58. The summed E-state index contributed by atoms with van der Waals surface area (Å²) in [6, 6.07) is 8.36. The summed E-state index contributed by atoms with van der Waals surface area (Å²) in [7, 11) is 0. The molecule has 0 radical (unpaired) electrons. The number of allylic oxidation sites excluding steroid dienone is 1. The summed E-state index contributed by atoms with van der Waals surface area (Å²) in [5, 5.41) is 4.06. The van der Waals surface area contributed by atoms with Crippen molar-refractivity contribution in [2.24, 2.45) is 5.73 Å². The van der Waals surface area contributed by atoms with Gasteiger partial charge in [-0.05, 0) is 24.5 Å².